The second kappa shape index (κ2) is 10.5. The molecule has 5 nitrogen and oxygen atoms in total. The Kier molecular flexibility index (Phi) is 8.02. The lowest BCUT2D eigenvalue weighted by molar-refractivity contribution is 0.139. The largest absolute Gasteiger partial charge is 0.474 e. The first-order valence-corrected chi connectivity index (χ1v) is 8.96. The maximum atomic E-state index is 11.6. The minimum absolute atomic E-state index is 0.0426. The highest BCUT2D eigenvalue weighted by Gasteiger charge is 2.23. The maximum absolute atomic E-state index is 11.6. The Morgan fingerprint density at radius 1 is 1.24 bits per heavy atom. The first kappa shape index (κ1) is 19.0. The number of amides is 1. The number of hydrogen-bond acceptors (Lipinski definition) is 4. The number of unbranched alkanes of at least 4 members (excludes halogenated alkanes) is 3. The molecule has 0 fully saturated rings. The predicted molar refractivity (Wildman–Crippen MR) is 99.7 cm³/mol. The van der Waals surface area contributed by atoms with Crippen molar-refractivity contribution in [3.05, 3.63) is 48.0 Å². The SMILES string of the molecule is C=C(CCCCCCNC(=O)OCc1ccccc1)C1OC=NC1C. The molecule has 2 rings (SSSR count). The predicted octanol–water partition coefficient (Wildman–Crippen LogP) is 4.24. The van der Waals surface area contributed by atoms with Crippen molar-refractivity contribution in [2.45, 2.75) is 57.8 Å². The third kappa shape index (κ3) is 6.99. The fraction of sp³-hybridized carbons (Fsp3) is 0.500. The highest BCUT2D eigenvalue weighted by atomic mass is 16.5. The summed E-state index contributed by atoms with van der Waals surface area (Å²) in [6, 6.07) is 9.84. The lowest BCUT2D eigenvalue weighted by atomic mass is 9.99. The van der Waals surface area contributed by atoms with Crippen molar-refractivity contribution < 1.29 is 14.3 Å². The zero-order chi connectivity index (χ0) is 17.9. The van der Waals surface area contributed by atoms with E-state index >= 15 is 0 Å². The van der Waals surface area contributed by atoms with Crippen LogP contribution >= 0.6 is 0 Å². The van der Waals surface area contributed by atoms with Gasteiger partial charge < -0.3 is 14.8 Å². The van der Waals surface area contributed by atoms with Gasteiger partial charge in [-0.1, -0.05) is 49.8 Å². The summed E-state index contributed by atoms with van der Waals surface area (Å²) in [5.74, 6) is 0. The molecular formula is C20H28N2O3. The van der Waals surface area contributed by atoms with Gasteiger partial charge in [0.2, 0.25) is 0 Å². The summed E-state index contributed by atoms with van der Waals surface area (Å²) in [6.45, 7) is 7.10. The third-order valence-corrected chi connectivity index (χ3v) is 4.25. The van der Waals surface area contributed by atoms with E-state index in [1.54, 1.807) is 0 Å². The number of ether oxygens (including phenoxy) is 2. The van der Waals surface area contributed by atoms with Crippen LogP contribution in [0.1, 0.15) is 44.6 Å². The van der Waals surface area contributed by atoms with Crippen LogP contribution in [0.4, 0.5) is 4.79 Å². The molecule has 0 saturated carbocycles. The molecule has 2 unspecified atom stereocenters. The highest BCUT2D eigenvalue weighted by Crippen LogP contribution is 2.21. The van der Waals surface area contributed by atoms with Crippen LogP contribution in [0.5, 0.6) is 0 Å². The second-order valence-corrected chi connectivity index (χ2v) is 6.36. The van der Waals surface area contributed by atoms with E-state index in [0.29, 0.717) is 13.2 Å². The lowest BCUT2D eigenvalue weighted by Crippen LogP contribution is -2.25. The molecule has 2 atom stereocenters. The number of carbonyl (C=O) groups is 1. The molecule has 1 amide bonds. The van der Waals surface area contributed by atoms with E-state index in [2.05, 4.69) is 16.9 Å². The van der Waals surface area contributed by atoms with E-state index in [9.17, 15) is 4.79 Å². The van der Waals surface area contributed by atoms with Crippen LogP contribution in [0, 0.1) is 0 Å². The maximum Gasteiger partial charge on any atom is 0.407 e. The van der Waals surface area contributed by atoms with Crippen LogP contribution in [0.25, 0.3) is 0 Å². The average molecular weight is 344 g/mol. The number of nitrogens with zero attached hydrogens (tertiary/aromatic N) is 1. The molecule has 1 N–H and O–H groups in total. The van der Waals surface area contributed by atoms with Gasteiger partial charge in [-0.05, 0) is 37.3 Å². The van der Waals surface area contributed by atoms with Crippen LogP contribution in [0.15, 0.2) is 47.5 Å². The van der Waals surface area contributed by atoms with Crippen LogP contribution in [0.3, 0.4) is 0 Å². The third-order valence-electron chi connectivity index (χ3n) is 4.25. The van der Waals surface area contributed by atoms with Crippen molar-refractivity contribution in [1.29, 1.82) is 0 Å². The van der Waals surface area contributed by atoms with Gasteiger partial charge in [-0.3, -0.25) is 4.99 Å². The van der Waals surface area contributed by atoms with Crippen LogP contribution in [-0.4, -0.2) is 31.2 Å². The summed E-state index contributed by atoms with van der Waals surface area (Å²) in [6.07, 6.45) is 6.40. The highest BCUT2D eigenvalue weighted by molar-refractivity contribution is 5.67. The number of hydrogen-bond donors (Lipinski definition) is 1. The minimum atomic E-state index is -0.357. The molecule has 1 aromatic carbocycles. The molecular weight excluding hydrogens is 316 g/mol. The van der Waals surface area contributed by atoms with Gasteiger partial charge in [0.1, 0.15) is 12.7 Å². The second-order valence-electron chi connectivity index (χ2n) is 6.36. The molecule has 0 aromatic heterocycles. The topological polar surface area (TPSA) is 59.9 Å². The fourth-order valence-corrected chi connectivity index (χ4v) is 2.76. The van der Waals surface area contributed by atoms with E-state index in [0.717, 1.165) is 43.2 Å². The Morgan fingerprint density at radius 3 is 2.72 bits per heavy atom. The van der Waals surface area contributed by atoms with E-state index in [1.807, 2.05) is 37.3 Å². The van der Waals surface area contributed by atoms with E-state index < -0.39 is 0 Å². The van der Waals surface area contributed by atoms with Crippen LogP contribution in [-0.2, 0) is 16.1 Å². The molecule has 0 radical (unpaired) electrons. The molecule has 136 valence electrons. The quantitative estimate of drug-likeness (QED) is 0.510. The number of rotatable bonds is 10. The number of aliphatic imine (C=N–C) groups is 1. The van der Waals surface area contributed by atoms with Gasteiger partial charge in [-0.15, -0.1) is 0 Å². The van der Waals surface area contributed by atoms with E-state index in [-0.39, 0.29) is 18.2 Å². The summed E-state index contributed by atoms with van der Waals surface area (Å²) in [4.78, 5) is 15.8. The van der Waals surface area contributed by atoms with Crippen LogP contribution < -0.4 is 5.32 Å². The van der Waals surface area contributed by atoms with Crippen molar-refractivity contribution >= 4 is 12.5 Å². The molecule has 5 heteroatoms. The smallest absolute Gasteiger partial charge is 0.407 e. The average Bonchev–Trinajstić information content (AvgIpc) is 3.06. The van der Waals surface area contributed by atoms with Gasteiger partial charge in [0.25, 0.3) is 0 Å². The first-order valence-electron chi connectivity index (χ1n) is 8.96. The molecule has 0 aliphatic carbocycles. The van der Waals surface area contributed by atoms with Gasteiger partial charge in [-0.2, -0.15) is 0 Å². The first-order chi connectivity index (χ1) is 12.2. The number of benzene rings is 1. The summed E-state index contributed by atoms with van der Waals surface area (Å²) < 4.78 is 10.6. The molecule has 1 aliphatic rings. The van der Waals surface area contributed by atoms with Crippen molar-refractivity contribution in [3.63, 3.8) is 0 Å². The molecule has 1 aliphatic heterocycles. The zero-order valence-corrected chi connectivity index (χ0v) is 14.9. The Bertz CT molecular complexity index is 572. The van der Waals surface area contributed by atoms with Gasteiger partial charge in [0.15, 0.2) is 6.40 Å². The Labute approximate surface area is 150 Å². The van der Waals surface area contributed by atoms with Crippen molar-refractivity contribution in [1.82, 2.24) is 5.32 Å². The Hall–Kier alpha value is -2.30. The minimum Gasteiger partial charge on any atom is -0.474 e. The number of alkyl carbamates (subject to hydrolysis) is 1. The van der Waals surface area contributed by atoms with E-state index in [4.69, 9.17) is 9.47 Å². The molecule has 25 heavy (non-hydrogen) atoms. The fourth-order valence-electron chi connectivity index (χ4n) is 2.76. The summed E-state index contributed by atoms with van der Waals surface area (Å²) in [7, 11) is 0. The Morgan fingerprint density at radius 2 is 2.00 bits per heavy atom. The zero-order valence-electron chi connectivity index (χ0n) is 14.9. The van der Waals surface area contributed by atoms with Crippen molar-refractivity contribution in [3.8, 4) is 0 Å². The van der Waals surface area contributed by atoms with Gasteiger partial charge in [-0.25, -0.2) is 4.79 Å². The summed E-state index contributed by atoms with van der Waals surface area (Å²) in [5.41, 5.74) is 2.11. The molecule has 0 saturated heterocycles. The van der Waals surface area contributed by atoms with Gasteiger partial charge >= 0.3 is 6.09 Å². The molecule has 0 bridgehead atoms. The normalized spacial score (nSPS) is 18.6. The van der Waals surface area contributed by atoms with Gasteiger partial charge in [0, 0.05) is 6.54 Å². The monoisotopic (exact) mass is 344 g/mol. The number of carbonyl (C=O) groups excluding carboxylic acids is 1. The Balaban J connectivity index is 1.44. The molecule has 0 spiro atoms. The molecule has 1 aromatic rings. The van der Waals surface area contributed by atoms with Gasteiger partial charge in [0.05, 0.1) is 6.04 Å². The van der Waals surface area contributed by atoms with Crippen molar-refractivity contribution in [2.75, 3.05) is 6.54 Å². The van der Waals surface area contributed by atoms with Crippen LogP contribution in [0.2, 0.25) is 0 Å². The van der Waals surface area contributed by atoms with E-state index in [1.165, 1.54) is 6.40 Å². The molecule has 1 heterocycles. The summed E-state index contributed by atoms with van der Waals surface area (Å²) in [5, 5.41) is 2.79. The summed E-state index contributed by atoms with van der Waals surface area (Å²) >= 11 is 0. The standard InChI is InChI=1S/C20H28N2O3/c1-16(19-17(2)22-15-25-19)10-6-3-4-9-13-21-20(23)24-14-18-11-7-5-8-12-18/h5,7-8,11-12,15,17,19H,1,3-4,6,9-10,13-14H2,2H3,(H,21,23). The number of nitrogens with one attached hydrogen (secondary N) is 1. The van der Waals surface area contributed by atoms with Crippen molar-refractivity contribution in [2.24, 2.45) is 4.99 Å². The lowest BCUT2D eigenvalue weighted by Gasteiger charge is -2.16.